The molecule has 1 aromatic carbocycles. The van der Waals surface area contributed by atoms with Gasteiger partial charge in [-0.3, -0.25) is 9.69 Å². The Kier molecular flexibility index (Phi) is 5.43. The van der Waals surface area contributed by atoms with Gasteiger partial charge in [-0.1, -0.05) is 12.1 Å². The standard InChI is InChI=1S/C20H26N2O3/c1-15(19-7-5-13-25-19)21(2)14-20(23)22-12-4-6-18(22)16-8-10-17(24-3)11-9-16/h5,7-11,13,15,18H,4,6,12,14H2,1-3H3. The zero-order valence-electron chi connectivity index (χ0n) is 15.1. The number of carbonyl (C=O) groups is 1. The van der Waals surface area contributed by atoms with E-state index in [2.05, 4.69) is 19.1 Å². The summed E-state index contributed by atoms with van der Waals surface area (Å²) in [5.74, 6) is 1.88. The van der Waals surface area contributed by atoms with Crippen LogP contribution < -0.4 is 4.74 Å². The Hall–Kier alpha value is -2.27. The van der Waals surface area contributed by atoms with Crippen LogP contribution in [-0.4, -0.2) is 43.0 Å². The van der Waals surface area contributed by atoms with E-state index in [-0.39, 0.29) is 18.0 Å². The van der Waals surface area contributed by atoms with Gasteiger partial charge in [-0.25, -0.2) is 0 Å². The molecule has 134 valence electrons. The van der Waals surface area contributed by atoms with Crippen LogP contribution in [0.25, 0.3) is 0 Å². The number of rotatable bonds is 6. The molecule has 2 aromatic rings. The molecule has 0 aliphatic carbocycles. The number of carbonyl (C=O) groups excluding carboxylic acids is 1. The quantitative estimate of drug-likeness (QED) is 0.804. The Balaban J connectivity index is 1.65. The summed E-state index contributed by atoms with van der Waals surface area (Å²) < 4.78 is 10.7. The predicted octanol–water partition coefficient (Wildman–Crippen LogP) is 3.64. The lowest BCUT2D eigenvalue weighted by Crippen LogP contribution is -2.39. The Morgan fingerprint density at radius 2 is 2.12 bits per heavy atom. The van der Waals surface area contributed by atoms with Crippen molar-refractivity contribution in [1.29, 1.82) is 0 Å². The van der Waals surface area contributed by atoms with Gasteiger partial charge in [0, 0.05) is 6.54 Å². The summed E-state index contributed by atoms with van der Waals surface area (Å²) in [6.07, 6.45) is 3.72. The lowest BCUT2D eigenvalue weighted by atomic mass is 10.0. The molecule has 25 heavy (non-hydrogen) atoms. The Morgan fingerprint density at radius 3 is 2.76 bits per heavy atom. The molecule has 0 saturated carbocycles. The molecule has 1 aliphatic heterocycles. The first kappa shape index (κ1) is 17.5. The zero-order valence-corrected chi connectivity index (χ0v) is 15.1. The lowest BCUT2D eigenvalue weighted by molar-refractivity contribution is -0.133. The first-order valence-corrected chi connectivity index (χ1v) is 8.77. The maximum atomic E-state index is 12.9. The van der Waals surface area contributed by atoms with Crippen molar-refractivity contribution in [2.45, 2.75) is 31.8 Å². The van der Waals surface area contributed by atoms with Crippen molar-refractivity contribution in [3.63, 3.8) is 0 Å². The van der Waals surface area contributed by atoms with Crippen molar-refractivity contribution in [2.24, 2.45) is 0 Å². The van der Waals surface area contributed by atoms with Crippen LogP contribution in [0.2, 0.25) is 0 Å². The van der Waals surface area contributed by atoms with Crippen LogP contribution in [0.1, 0.15) is 43.2 Å². The summed E-state index contributed by atoms with van der Waals surface area (Å²) in [5.41, 5.74) is 1.17. The van der Waals surface area contributed by atoms with Crippen LogP contribution >= 0.6 is 0 Å². The number of methoxy groups -OCH3 is 1. The second-order valence-electron chi connectivity index (χ2n) is 6.62. The second kappa shape index (κ2) is 7.74. The molecular formula is C20H26N2O3. The molecule has 3 rings (SSSR count). The highest BCUT2D eigenvalue weighted by Crippen LogP contribution is 2.33. The van der Waals surface area contributed by atoms with E-state index >= 15 is 0 Å². The number of amides is 1. The normalized spacial score (nSPS) is 18.6. The molecule has 2 atom stereocenters. The summed E-state index contributed by atoms with van der Waals surface area (Å²) in [6.45, 7) is 3.25. The van der Waals surface area contributed by atoms with E-state index in [4.69, 9.17) is 9.15 Å². The van der Waals surface area contributed by atoms with Crippen molar-refractivity contribution in [3.8, 4) is 5.75 Å². The molecule has 1 saturated heterocycles. The van der Waals surface area contributed by atoms with Crippen LogP contribution in [0.15, 0.2) is 47.1 Å². The number of benzene rings is 1. The van der Waals surface area contributed by atoms with Gasteiger partial charge in [0.05, 0.1) is 32.0 Å². The van der Waals surface area contributed by atoms with Crippen molar-refractivity contribution >= 4 is 5.91 Å². The van der Waals surface area contributed by atoms with Gasteiger partial charge in [0.25, 0.3) is 0 Å². The Labute approximate surface area is 149 Å². The lowest BCUT2D eigenvalue weighted by Gasteiger charge is -2.29. The Bertz CT molecular complexity index is 681. The molecule has 2 unspecified atom stereocenters. The van der Waals surface area contributed by atoms with Crippen molar-refractivity contribution in [2.75, 3.05) is 27.2 Å². The molecule has 1 fully saturated rings. The van der Waals surface area contributed by atoms with Gasteiger partial charge in [-0.05, 0) is 56.6 Å². The van der Waals surface area contributed by atoms with Crippen LogP contribution in [-0.2, 0) is 4.79 Å². The monoisotopic (exact) mass is 342 g/mol. The summed E-state index contributed by atoms with van der Waals surface area (Å²) in [6, 6.07) is 12.1. The molecular weight excluding hydrogens is 316 g/mol. The number of nitrogens with zero attached hydrogens (tertiary/aromatic N) is 2. The molecule has 1 aliphatic rings. The highest BCUT2D eigenvalue weighted by Gasteiger charge is 2.31. The van der Waals surface area contributed by atoms with Gasteiger partial charge < -0.3 is 14.1 Å². The summed E-state index contributed by atoms with van der Waals surface area (Å²) in [4.78, 5) is 16.9. The molecule has 5 heteroatoms. The van der Waals surface area contributed by atoms with Crippen molar-refractivity contribution < 1.29 is 13.9 Å². The average Bonchev–Trinajstić information content (AvgIpc) is 3.32. The number of likely N-dealkylation sites (tertiary alicyclic amines) is 1. The van der Waals surface area contributed by atoms with Crippen LogP contribution in [0.4, 0.5) is 0 Å². The average molecular weight is 342 g/mol. The molecule has 0 spiro atoms. The van der Waals surface area contributed by atoms with Crippen LogP contribution in [0, 0.1) is 0 Å². The van der Waals surface area contributed by atoms with Crippen molar-refractivity contribution in [3.05, 3.63) is 54.0 Å². The summed E-state index contributed by atoms with van der Waals surface area (Å²) >= 11 is 0. The molecule has 1 amide bonds. The van der Waals surface area contributed by atoms with Gasteiger partial charge in [-0.15, -0.1) is 0 Å². The third kappa shape index (κ3) is 3.87. The van der Waals surface area contributed by atoms with Gasteiger partial charge in [0.2, 0.25) is 5.91 Å². The molecule has 1 aromatic heterocycles. The van der Waals surface area contributed by atoms with E-state index in [0.717, 1.165) is 30.9 Å². The van der Waals surface area contributed by atoms with Crippen LogP contribution in [0.3, 0.4) is 0 Å². The highest BCUT2D eigenvalue weighted by atomic mass is 16.5. The molecule has 5 nitrogen and oxygen atoms in total. The third-order valence-corrected chi connectivity index (χ3v) is 5.07. The van der Waals surface area contributed by atoms with Gasteiger partial charge in [0.15, 0.2) is 0 Å². The summed E-state index contributed by atoms with van der Waals surface area (Å²) in [7, 11) is 3.62. The maximum absolute atomic E-state index is 12.9. The van der Waals surface area contributed by atoms with E-state index in [9.17, 15) is 4.79 Å². The van der Waals surface area contributed by atoms with E-state index in [1.54, 1.807) is 13.4 Å². The fraction of sp³-hybridized carbons (Fsp3) is 0.450. The predicted molar refractivity (Wildman–Crippen MR) is 96.4 cm³/mol. The van der Waals surface area contributed by atoms with Gasteiger partial charge >= 0.3 is 0 Å². The van der Waals surface area contributed by atoms with E-state index < -0.39 is 0 Å². The number of likely N-dealkylation sites (N-methyl/N-ethyl adjacent to an activating group) is 1. The van der Waals surface area contributed by atoms with Gasteiger partial charge in [-0.2, -0.15) is 0 Å². The molecule has 0 N–H and O–H groups in total. The summed E-state index contributed by atoms with van der Waals surface area (Å²) in [5, 5.41) is 0. The third-order valence-electron chi connectivity index (χ3n) is 5.07. The highest BCUT2D eigenvalue weighted by molar-refractivity contribution is 5.79. The van der Waals surface area contributed by atoms with E-state index in [1.807, 2.05) is 41.1 Å². The van der Waals surface area contributed by atoms with Gasteiger partial charge in [0.1, 0.15) is 11.5 Å². The first-order valence-electron chi connectivity index (χ1n) is 8.77. The molecule has 2 heterocycles. The SMILES string of the molecule is COc1ccc(C2CCCN2C(=O)CN(C)C(C)c2ccco2)cc1. The smallest absolute Gasteiger partial charge is 0.237 e. The fourth-order valence-corrected chi connectivity index (χ4v) is 3.43. The zero-order chi connectivity index (χ0) is 17.8. The van der Waals surface area contributed by atoms with E-state index in [1.165, 1.54) is 5.56 Å². The van der Waals surface area contributed by atoms with Crippen molar-refractivity contribution in [1.82, 2.24) is 9.80 Å². The molecule has 0 bridgehead atoms. The van der Waals surface area contributed by atoms with Crippen LogP contribution in [0.5, 0.6) is 5.75 Å². The number of hydrogen-bond acceptors (Lipinski definition) is 4. The molecule has 0 radical (unpaired) electrons. The fourth-order valence-electron chi connectivity index (χ4n) is 3.43. The number of furan rings is 1. The maximum Gasteiger partial charge on any atom is 0.237 e. The second-order valence-corrected chi connectivity index (χ2v) is 6.62. The topological polar surface area (TPSA) is 45.9 Å². The Morgan fingerprint density at radius 1 is 1.36 bits per heavy atom. The number of ether oxygens (including phenoxy) is 1. The minimum absolute atomic E-state index is 0.0704. The first-order chi connectivity index (χ1) is 12.1. The minimum atomic E-state index is 0.0704. The minimum Gasteiger partial charge on any atom is -0.497 e. The number of hydrogen-bond donors (Lipinski definition) is 0. The largest absolute Gasteiger partial charge is 0.497 e. The van der Waals surface area contributed by atoms with E-state index in [0.29, 0.717) is 6.54 Å².